The molecule has 2 aliphatic rings. The van der Waals surface area contributed by atoms with Crippen LogP contribution in [0.5, 0.6) is 0 Å². The van der Waals surface area contributed by atoms with Crippen molar-refractivity contribution in [3.05, 3.63) is 65.2 Å². The van der Waals surface area contributed by atoms with Gasteiger partial charge in [0.1, 0.15) is 0 Å². The second-order valence-electron chi connectivity index (χ2n) is 8.54. The van der Waals surface area contributed by atoms with E-state index in [4.69, 9.17) is 10.5 Å². The molecule has 1 saturated heterocycles. The van der Waals surface area contributed by atoms with Gasteiger partial charge in [-0.3, -0.25) is 0 Å². The molecule has 2 aromatic carbocycles. The molecule has 4 nitrogen and oxygen atoms in total. The van der Waals surface area contributed by atoms with E-state index in [0.717, 1.165) is 43.7 Å². The number of thioether (sulfide) groups is 1. The summed E-state index contributed by atoms with van der Waals surface area (Å²) in [6.07, 6.45) is 5.09. The van der Waals surface area contributed by atoms with Crippen molar-refractivity contribution in [3.63, 3.8) is 0 Å². The molecule has 4 rings (SSSR count). The Bertz CT molecular complexity index is 931. The molecular formula is C25H31F2N3OS. The van der Waals surface area contributed by atoms with Crippen LogP contribution in [0.2, 0.25) is 0 Å². The summed E-state index contributed by atoms with van der Waals surface area (Å²) in [7, 11) is 0. The Kier molecular flexibility index (Phi) is 8.16. The fourth-order valence-electron chi connectivity index (χ4n) is 4.52. The summed E-state index contributed by atoms with van der Waals surface area (Å²) >= 11 is 1.72. The number of amidine groups is 1. The van der Waals surface area contributed by atoms with E-state index in [-0.39, 0.29) is 0 Å². The van der Waals surface area contributed by atoms with Crippen LogP contribution in [-0.4, -0.2) is 42.9 Å². The molecule has 2 aliphatic heterocycles. The van der Waals surface area contributed by atoms with Gasteiger partial charge < -0.3 is 15.4 Å². The number of fused-ring (bicyclic) bond motifs is 1. The molecule has 32 heavy (non-hydrogen) atoms. The number of nitrogens with two attached hydrogens (primary N) is 1. The summed E-state index contributed by atoms with van der Waals surface area (Å²) < 4.78 is 31.8. The highest BCUT2D eigenvalue weighted by Crippen LogP contribution is 2.47. The Labute approximate surface area is 193 Å². The number of hydrogen-bond donors (Lipinski definition) is 1. The molecule has 2 heterocycles. The number of unbranched alkanes of at least 4 members (excludes halogenated alkanes) is 1. The zero-order chi connectivity index (χ0) is 22.3. The Morgan fingerprint density at radius 1 is 1.03 bits per heavy atom. The van der Waals surface area contributed by atoms with Crippen molar-refractivity contribution in [3.8, 4) is 0 Å². The van der Waals surface area contributed by atoms with Crippen molar-refractivity contribution in [2.45, 2.75) is 37.4 Å². The first-order valence-corrected chi connectivity index (χ1v) is 12.3. The van der Waals surface area contributed by atoms with Gasteiger partial charge in [0.2, 0.25) is 0 Å². The second-order valence-corrected chi connectivity index (χ2v) is 9.71. The molecule has 1 fully saturated rings. The number of nitrogens with zero attached hydrogens (tertiary/aromatic N) is 2. The average molecular weight is 460 g/mol. The van der Waals surface area contributed by atoms with Gasteiger partial charge in [-0.05, 0) is 87.0 Å². The number of piperidine rings is 1. The van der Waals surface area contributed by atoms with Gasteiger partial charge in [-0.1, -0.05) is 36.0 Å². The predicted octanol–water partition coefficient (Wildman–Crippen LogP) is 5.45. The molecule has 0 radical (unpaired) electrons. The van der Waals surface area contributed by atoms with Crippen LogP contribution in [0, 0.1) is 17.6 Å². The zero-order valence-electron chi connectivity index (χ0n) is 18.3. The van der Waals surface area contributed by atoms with E-state index in [1.54, 1.807) is 17.8 Å². The Balaban J connectivity index is 1.11. The number of likely N-dealkylation sites (tertiary alicyclic amines) is 1. The van der Waals surface area contributed by atoms with Gasteiger partial charge in [-0.25, -0.2) is 13.8 Å². The van der Waals surface area contributed by atoms with Crippen LogP contribution in [0.25, 0.3) is 0 Å². The molecular weight excluding hydrogens is 428 g/mol. The summed E-state index contributed by atoms with van der Waals surface area (Å²) in [6.45, 7) is 4.57. The van der Waals surface area contributed by atoms with E-state index < -0.39 is 11.6 Å². The molecule has 1 unspecified atom stereocenters. The number of benzene rings is 2. The van der Waals surface area contributed by atoms with Crippen LogP contribution >= 0.6 is 11.8 Å². The van der Waals surface area contributed by atoms with Gasteiger partial charge in [0.05, 0.1) is 12.3 Å². The molecule has 7 heteroatoms. The summed E-state index contributed by atoms with van der Waals surface area (Å²) in [5, 5.41) is 1.09. The lowest BCUT2D eigenvalue weighted by molar-refractivity contribution is 0.125. The third kappa shape index (κ3) is 6.09. The minimum atomic E-state index is -0.806. The molecule has 172 valence electrons. The maximum atomic E-state index is 13.2. The quantitative estimate of drug-likeness (QED) is 0.507. The van der Waals surface area contributed by atoms with Crippen LogP contribution < -0.4 is 5.73 Å². The van der Waals surface area contributed by atoms with E-state index in [9.17, 15) is 8.78 Å². The van der Waals surface area contributed by atoms with E-state index in [1.165, 1.54) is 30.5 Å². The first-order valence-electron chi connectivity index (χ1n) is 11.4. The van der Waals surface area contributed by atoms with Gasteiger partial charge in [0.25, 0.3) is 0 Å². The van der Waals surface area contributed by atoms with E-state index >= 15 is 0 Å². The van der Waals surface area contributed by atoms with Crippen molar-refractivity contribution in [1.29, 1.82) is 0 Å². The molecule has 0 aromatic heterocycles. The molecule has 0 spiro atoms. The van der Waals surface area contributed by atoms with Gasteiger partial charge in [0, 0.05) is 11.9 Å². The van der Waals surface area contributed by atoms with Gasteiger partial charge >= 0.3 is 0 Å². The fourth-order valence-corrected chi connectivity index (χ4v) is 5.73. The molecule has 2 aromatic rings. The second kappa shape index (κ2) is 11.3. The summed E-state index contributed by atoms with van der Waals surface area (Å²) in [5.41, 5.74) is 9.21. The largest absolute Gasteiger partial charge is 0.381 e. The number of ether oxygens (including phenoxy) is 1. The van der Waals surface area contributed by atoms with Crippen molar-refractivity contribution in [2.24, 2.45) is 16.6 Å². The molecule has 0 saturated carbocycles. The van der Waals surface area contributed by atoms with Crippen LogP contribution in [0.3, 0.4) is 0 Å². The number of hydrogen-bond acceptors (Lipinski definition) is 5. The maximum absolute atomic E-state index is 13.2. The van der Waals surface area contributed by atoms with Gasteiger partial charge in [-0.15, -0.1) is 0 Å². The molecule has 0 bridgehead atoms. The van der Waals surface area contributed by atoms with Crippen molar-refractivity contribution >= 4 is 22.6 Å². The average Bonchev–Trinajstić information content (AvgIpc) is 2.80. The Morgan fingerprint density at radius 3 is 2.66 bits per heavy atom. The lowest BCUT2D eigenvalue weighted by Crippen LogP contribution is -2.36. The van der Waals surface area contributed by atoms with E-state index in [2.05, 4.69) is 28.1 Å². The van der Waals surface area contributed by atoms with Gasteiger partial charge in [-0.2, -0.15) is 0 Å². The first-order chi connectivity index (χ1) is 15.6. The Morgan fingerprint density at radius 2 is 1.84 bits per heavy atom. The lowest BCUT2D eigenvalue weighted by Gasteiger charge is -2.37. The van der Waals surface area contributed by atoms with Crippen LogP contribution in [0.1, 0.15) is 42.1 Å². The van der Waals surface area contributed by atoms with Crippen LogP contribution in [0.4, 0.5) is 14.5 Å². The van der Waals surface area contributed by atoms with Crippen LogP contribution in [-0.2, 0) is 11.2 Å². The topological polar surface area (TPSA) is 50.8 Å². The maximum Gasteiger partial charge on any atom is 0.159 e. The van der Waals surface area contributed by atoms with Crippen LogP contribution in [0.15, 0.2) is 47.5 Å². The zero-order valence-corrected chi connectivity index (χ0v) is 19.1. The predicted molar refractivity (Wildman–Crippen MR) is 127 cm³/mol. The number of halogens is 2. The summed E-state index contributed by atoms with van der Waals surface area (Å²) in [5.74, 6) is -0.973. The fraction of sp³-hybridized carbons (Fsp3) is 0.480. The first kappa shape index (κ1) is 23.2. The smallest absolute Gasteiger partial charge is 0.159 e. The van der Waals surface area contributed by atoms with Crippen molar-refractivity contribution < 1.29 is 13.5 Å². The third-order valence-corrected chi connectivity index (χ3v) is 7.54. The van der Waals surface area contributed by atoms with E-state index in [0.29, 0.717) is 36.0 Å². The standard InChI is InChI=1S/C25H31F2N3OS/c26-21-8-7-18(17-22(21)27)11-16-31-15-4-3-12-30-13-9-19(10-14-30)24-20-5-1-2-6-23(20)29-25(28)32-24/h1-2,5-8,17,19,24H,3-4,9-16H2,(H2,28,29). The molecule has 0 aliphatic carbocycles. The highest BCUT2D eigenvalue weighted by molar-refractivity contribution is 8.14. The number of rotatable bonds is 9. The highest BCUT2D eigenvalue weighted by atomic mass is 32.2. The summed E-state index contributed by atoms with van der Waals surface area (Å²) in [4.78, 5) is 7.06. The highest BCUT2D eigenvalue weighted by Gasteiger charge is 2.32. The molecule has 1 atom stereocenters. The van der Waals surface area contributed by atoms with Gasteiger partial charge in [0.15, 0.2) is 16.8 Å². The van der Waals surface area contributed by atoms with Crippen molar-refractivity contribution in [1.82, 2.24) is 4.90 Å². The number of para-hydroxylation sites is 1. The normalized spacial score (nSPS) is 19.6. The monoisotopic (exact) mass is 459 g/mol. The molecule has 2 N–H and O–H groups in total. The number of aliphatic imine (C=N–C) groups is 1. The SMILES string of the molecule is NC1=Nc2ccccc2C(C2CCN(CCCCOCCc3ccc(F)c(F)c3)CC2)S1. The third-order valence-electron chi connectivity index (χ3n) is 6.31. The molecule has 0 amide bonds. The lowest BCUT2D eigenvalue weighted by atomic mass is 9.88. The minimum absolute atomic E-state index is 0.411. The Hall–Kier alpha value is -1.96. The minimum Gasteiger partial charge on any atom is -0.381 e. The summed E-state index contributed by atoms with van der Waals surface area (Å²) in [6, 6.07) is 12.4. The van der Waals surface area contributed by atoms with E-state index in [1.807, 2.05) is 6.07 Å². The van der Waals surface area contributed by atoms with Crippen molar-refractivity contribution in [2.75, 3.05) is 32.8 Å².